The van der Waals surface area contributed by atoms with E-state index in [0.29, 0.717) is 5.92 Å². The Kier molecular flexibility index (Phi) is 3.34. The minimum atomic E-state index is 0.543. The van der Waals surface area contributed by atoms with Crippen molar-refractivity contribution in [3.05, 3.63) is 60.7 Å². The molecule has 0 N–H and O–H groups in total. The highest BCUT2D eigenvalue weighted by atomic mass is 15.1. The molecule has 0 bridgehead atoms. The van der Waals surface area contributed by atoms with Crippen LogP contribution in [-0.4, -0.2) is 14.5 Å². The number of para-hydroxylation sites is 2. The summed E-state index contributed by atoms with van der Waals surface area (Å²) in [7, 11) is 0. The molecular weight excluding hydrogens is 282 g/mol. The van der Waals surface area contributed by atoms with Crippen LogP contribution in [0.5, 0.6) is 0 Å². The third kappa shape index (κ3) is 2.48. The van der Waals surface area contributed by atoms with Crippen LogP contribution in [0.15, 0.2) is 60.7 Å². The predicted octanol–water partition coefficient (Wildman–Crippen LogP) is 4.91. The second kappa shape index (κ2) is 5.51. The number of hydrogen-bond acceptors (Lipinski definition) is 2. The molecule has 4 rings (SSSR count). The highest BCUT2D eigenvalue weighted by molar-refractivity contribution is 5.88. The first-order valence-electron chi connectivity index (χ1n) is 8.04. The average Bonchev–Trinajstić information content (AvgIpc) is 2.91. The van der Waals surface area contributed by atoms with Crippen molar-refractivity contribution in [2.75, 3.05) is 0 Å². The number of benzene rings is 2. The van der Waals surface area contributed by atoms with Crippen LogP contribution in [0.2, 0.25) is 0 Å². The third-order valence-electron chi connectivity index (χ3n) is 4.02. The SMILES string of the molecule is CC(C)Cn1c(-c2ccccc2)cc2nc3ccccc3nc21. The van der Waals surface area contributed by atoms with Crippen molar-refractivity contribution in [3.63, 3.8) is 0 Å². The maximum Gasteiger partial charge on any atom is 0.159 e. The Morgan fingerprint density at radius 1 is 0.826 bits per heavy atom. The summed E-state index contributed by atoms with van der Waals surface area (Å²) in [5, 5.41) is 0. The molecule has 0 aliphatic carbocycles. The van der Waals surface area contributed by atoms with E-state index in [1.54, 1.807) is 0 Å². The van der Waals surface area contributed by atoms with E-state index in [4.69, 9.17) is 9.97 Å². The fourth-order valence-electron chi connectivity index (χ4n) is 3.02. The van der Waals surface area contributed by atoms with Crippen LogP contribution in [0.1, 0.15) is 13.8 Å². The molecule has 0 amide bonds. The fourth-order valence-corrected chi connectivity index (χ4v) is 3.02. The number of fused-ring (bicyclic) bond motifs is 2. The molecule has 2 aromatic carbocycles. The molecule has 114 valence electrons. The first-order valence-corrected chi connectivity index (χ1v) is 8.04. The van der Waals surface area contributed by atoms with Crippen LogP contribution in [0.25, 0.3) is 33.5 Å². The highest BCUT2D eigenvalue weighted by Crippen LogP contribution is 2.28. The Balaban J connectivity index is 2.03. The van der Waals surface area contributed by atoms with Crippen LogP contribution in [-0.2, 0) is 6.54 Å². The second-order valence-corrected chi connectivity index (χ2v) is 6.32. The van der Waals surface area contributed by atoms with Gasteiger partial charge in [0, 0.05) is 6.54 Å². The number of rotatable bonds is 3. The first-order chi connectivity index (χ1) is 11.2. The molecule has 23 heavy (non-hydrogen) atoms. The van der Waals surface area contributed by atoms with Gasteiger partial charge in [0.15, 0.2) is 5.65 Å². The lowest BCUT2D eigenvalue weighted by Crippen LogP contribution is -2.06. The zero-order chi connectivity index (χ0) is 15.8. The lowest BCUT2D eigenvalue weighted by Gasteiger charge is -2.12. The number of aromatic nitrogens is 3. The summed E-state index contributed by atoms with van der Waals surface area (Å²) < 4.78 is 2.30. The van der Waals surface area contributed by atoms with Gasteiger partial charge in [-0.25, -0.2) is 9.97 Å². The molecule has 0 radical (unpaired) electrons. The first kappa shape index (κ1) is 13.9. The van der Waals surface area contributed by atoms with Gasteiger partial charge in [-0.2, -0.15) is 0 Å². The minimum absolute atomic E-state index is 0.543. The minimum Gasteiger partial charge on any atom is -0.324 e. The lowest BCUT2D eigenvalue weighted by atomic mass is 10.1. The van der Waals surface area contributed by atoms with Gasteiger partial charge < -0.3 is 4.57 Å². The van der Waals surface area contributed by atoms with E-state index in [2.05, 4.69) is 48.7 Å². The van der Waals surface area contributed by atoms with Crippen LogP contribution < -0.4 is 0 Å². The normalized spacial score (nSPS) is 11.6. The van der Waals surface area contributed by atoms with Gasteiger partial charge in [0.05, 0.1) is 16.7 Å². The summed E-state index contributed by atoms with van der Waals surface area (Å²) in [5.41, 5.74) is 6.21. The van der Waals surface area contributed by atoms with Crippen molar-refractivity contribution in [2.45, 2.75) is 20.4 Å². The van der Waals surface area contributed by atoms with E-state index in [-0.39, 0.29) is 0 Å². The van der Waals surface area contributed by atoms with Crippen molar-refractivity contribution in [3.8, 4) is 11.3 Å². The Labute approximate surface area is 135 Å². The topological polar surface area (TPSA) is 30.7 Å². The number of nitrogens with zero attached hydrogens (tertiary/aromatic N) is 3. The molecule has 0 aliphatic heterocycles. The summed E-state index contributed by atoms with van der Waals surface area (Å²) >= 11 is 0. The summed E-state index contributed by atoms with van der Waals surface area (Å²) in [6.45, 7) is 5.39. The van der Waals surface area contributed by atoms with Gasteiger partial charge in [-0.1, -0.05) is 56.3 Å². The maximum atomic E-state index is 4.88. The summed E-state index contributed by atoms with van der Waals surface area (Å²) in [6.07, 6.45) is 0. The van der Waals surface area contributed by atoms with Gasteiger partial charge in [-0.3, -0.25) is 0 Å². The van der Waals surface area contributed by atoms with E-state index in [1.807, 2.05) is 30.3 Å². The highest BCUT2D eigenvalue weighted by Gasteiger charge is 2.14. The molecule has 0 aliphatic rings. The Hall–Kier alpha value is -2.68. The molecule has 0 saturated carbocycles. The standard InChI is InChI=1S/C20H19N3/c1-14(2)13-23-19(15-8-4-3-5-9-15)12-18-20(23)22-17-11-7-6-10-16(17)21-18/h3-12,14H,13H2,1-2H3. The van der Waals surface area contributed by atoms with Crippen molar-refractivity contribution in [1.29, 1.82) is 0 Å². The zero-order valence-electron chi connectivity index (χ0n) is 13.4. The van der Waals surface area contributed by atoms with E-state index in [9.17, 15) is 0 Å². The Bertz CT molecular complexity index is 968. The van der Waals surface area contributed by atoms with Gasteiger partial charge in [-0.05, 0) is 29.7 Å². The smallest absolute Gasteiger partial charge is 0.159 e. The molecule has 3 nitrogen and oxygen atoms in total. The van der Waals surface area contributed by atoms with Crippen molar-refractivity contribution in [1.82, 2.24) is 14.5 Å². The van der Waals surface area contributed by atoms with Gasteiger partial charge in [0.25, 0.3) is 0 Å². The summed E-state index contributed by atoms with van der Waals surface area (Å²) in [5.74, 6) is 0.543. The molecule has 0 atom stereocenters. The third-order valence-corrected chi connectivity index (χ3v) is 4.02. The zero-order valence-corrected chi connectivity index (χ0v) is 13.4. The summed E-state index contributed by atoms with van der Waals surface area (Å²) in [4.78, 5) is 9.69. The van der Waals surface area contributed by atoms with Crippen molar-refractivity contribution < 1.29 is 0 Å². The average molecular weight is 301 g/mol. The van der Waals surface area contributed by atoms with Crippen LogP contribution in [0.3, 0.4) is 0 Å². The maximum absolute atomic E-state index is 4.88. The molecule has 0 spiro atoms. The summed E-state index contributed by atoms with van der Waals surface area (Å²) in [6, 6.07) is 20.7. The molecule has 4 aromatic rings. The van der Waals surface area contributed by atoms with Gasteiger partial charge >= 0.3 is 0 Å². The quantitative estimate of drug-likeness (QED) is 0.538. The predicted molar refractivity (Wildman–Crippen MR) is 95.3 cm³/mol. The van der Waals surface area contributed by atoms with Crippen LogP contribution in [0, 0.1) is 5.92 Å². The molecule has 0 fully saturated rings. The fraction of sp³-hybridized carbons (Fsp3) is 0.200. The Morgan fingerprint density at radius 2 is 1.48 bits per heavy atom. The van der Waals surface area contributed by atoms with E-state index in [1.165, 1.54) is 11.3 Å². The van der Waals surface area contributed by atoms with E-state index < -0.39 is 0 Å². The van der Waals surface area contributed by atoms with Gasteiger partial charge in [0.1, 0.15) is 5.52 Å². The van der Waals surface area contributed by atoms with E-state index >= 15 is 0 Å². The largest absolute Gasteiger partial charge is 0.324 e. The molecule has 2 heterocycles. The molecule has 3 heteroatoms. The van der Waals surface area contributed by atoms with Crippen molar-refractivity contribution >= 4 is 22.2 Å². The second-order valence-electron chi connectivity index (χ2n) is 6.32. The lowest BCUT2D eigenvalue weighted by molar-refractivity contribution is 0.536. The molecular formula is C20H19N3. The molecule has 2 aromatic heterocycles. The monoisotopic (exact) mass is 301 g/mol. The Morgan fingerprint density at radius 3 is 2.17 bits per heavy atom. The van der Waals surface area contributed by atoms with Crippen LogP contribution >= 0.6 is 0 Å². The van der Waals surface area contributed by atoms with Crippen molar-refractivity contribution in [2.24, 2.45) is 5.92 Å². The van der Waals surface area contributed by atoms with E-state index in [0.717, 1.165) is 28.7 Å². The number of hydrogen-bond donors (Lipinski definition) is 0. The van der Waals surface area contributed by atoms with Crippen LogP contribution in [0.4, 0.5) is 0 Å². The van der Waals surface area contributed by atoms with Gasteiger partial charge in [-0.15, -0.1) is 0 Å². The van der Waals surface area contributed by atoms with Gasteiger partial charge in [0.2, 0.25) is 0 Å². The molecule has 0 saturated heterocycles. The molecule has 0 unspecified atom stereocenters.